The molecule has 0 aliphatic carbocycles. The van der Waals surface area contributed by atoms with Crippen LogP contribution >= 0.6 is 0 Å². The van der Waals surface area contributed by atoms with Crippen LogP contribution in [0.2, 0.25) is 0 Å². The van der Waals surface area contributed by atoms with Gasteiger partial charge in [0, 0.05) is 39.4 Å². The van der Waals surface area contributed by atoms with E-state index in [0.717, 1.165) is 16.7 Å². The molecule has 71 heavy (non-hydrogen) atoms. The molecule has 25 nitrogen and oxygen atoms in total. The lowest BCUT2D eigenvalue weighted by atomic mass is 9.93. The Balaban J connectivity index is 2.25. The van der Waals surface area contributed by atoms with Crippen LogP contribution in [-0.4, -0.2) is 166 Å². The number of nitrogens with two attached hydrogens (primary N) is 3. The number of amides is 9. The average molecular weight is 1000 g/mol. The summed E-state index contributed by atoms with van der Waals surface area (Å²) in [6.07, 6.45) is -4.26. The van der Waals surface area contributed by atoms with Gasteiger partial charge in [-0.25, -0.2) is 4.79 Å². The predicted molar refractivity (Wildman–Crippen MR) is 256 cm³/mol. The van der Waals surface area contributed by atoms with E-state index in [4.69, 9.17) is 21.9 Å². The minimum absolute atomic E-state index is 0.00559. The molecule has 0 saturated carbocycles. The molecule has 0 aromatic heterocycles. The number of carbonyl (C=O) groups excluding carboxylic acids is 10. The van der Waals surface area contributed by atoms with Gasteiger partial charge in [-0.2, -0.15) is 0 Å². The second kappa shape index (κ2) is 26.2. The maximum Gasteiger partial charge on any atom is 0.328 e. The third-order valence-corrected chi connectivity index (χ3v) is 12.7. The maximum absolute atomic E-state index is 14.5. The van der Waals surface area contributed by atoms with E-state index >= 15 is 0 Å². The number of aliphatic hydroxyl groups is 1. The molecule has 1 unspecified atom stereocenters. The van der Waals surface area contributed by atoms with Crippen molar-refractivity contribution in [2.75, 3.05) is 20.6 Å². The van der Waals surface area contributed by atoms with E-state index in [1.54, 1.807) is 27.7 Å². The van der Waals surface area contributed by atoms with Crippen LogP contribution in [0.5, 0.6) is 5.75 Å². The third-order valence-electron chi connectivity index (χ3n) is 12.7. The summed E-state index contributed by atoms with van der Waals surface area (Å²) >= 11 is 0. The second-order valence-corrected chi connectivity index (χ2v) is 18.7. The van der Waals surface area contributed by atoms with Crippen molar-refractivity contribution in [2.24, 2.45) is 39.9 Å². The molecular formula is C46H72N12O13. The molecule has 9 amide bonds. The second-order valence-electron chi connectivity index (χ2n) is 18.7. The molecule has 0 spiro atoms. The average Bonchev–Trinajstić information content (AvgIpc) is 3.55. The minimum atomic E-state index is -1.84. The molecular weight excluding hydrogens is 929 g/mol. The molecule has 2 heterocycles. The lowest BCUT2D eigenvalue weighted by Crippen LogP contribution is -2.63. The number of benzene rings is 1. The topological polar surface area (TPSA) is 389 Å². The van der Waals surface area contributed by atoms with E-state index in [2.05, 4.69) is 36.9 Å². The number of likely N-dealkylation sites (N-methyl/N-ethyl adjacent to an activating group) is 2. The number of esters is 1. The van der Waals surface area contributed by atoms with E-state index in [0.29, 0.717) is 5.56 Å². The van der Waals surface area contributed by atoms with Crippen LogP contribution in [-0.2, 0) is 59.1 Å². The van der Waals surface area contributed by atoms with Crippen molar-refractivity contribution in [1.82, 2.24) is 41.7 Å². The Morgan fingerprint density at radius 3 is 1.90 bits per heavy atom. The normalized spacial score (nSPS) is 28.2. The standard InChI is InChI=1S/C46H72N12O13/c1-21(2)19-30-44(69)58(9)32(16-17-33(47)61)39(64)53-31(20-27-12-14-28(60)15-13-27)43(68)57(8)24(5)45(70)71-26(7)36(56-40(65)34-22(3)23(4)37(62)54-34)42(67)55-35(25(6)59)41(66)51-29(38(63)52-30)11-10-18-50-46(48)49/h12-15,21-26,29-32,34-36,59-60H,10-11,16-20H2,1-9H3,(H2,47,61)(H,51,66)(H,52,63)(H,53,64)(H,54,62)(H,55,67)(H,56,65)(H4,48,49,50)/t22-,23+,24-,25+,26+,29+,30-,31+,32-,34?,35+,36+/m0/s1. The van der Waals surface area contributed by atoms with Crippen LogP contribution < -0.4 is 49.1 Å². The molecule has 14 N–H and O–H groups in total. The highest BCUT2D eigenvalue weighted by Gasteiger charge is 2.44. The zero-order valence-electron chi connectivity index (χ0n) is 41.7. The van der Waals surface area contributed by atoms with Crippen molar-refractivity contribution in [3.8, 4) is 5.75 Å². The van der Waals surface area contributed by atoms with Gasteiger partial charge in [0.1, 0.15) is 60.2 Å². The van der Waals surface area contributed by atoms with Crippen molar-refractivity contribution in [3.63, 3.8) is 0 Å². The first-order valence-electron chi connectivity index (χ1n) is 23.5. The fraction of sp³-hybridized carbons (Fsp3) is 0.630. The van der Waals surface area contributed by atoms with Gasteiger partial charge in [0.05, 0.1) is 6.10 Å². The number of rotatable bonds is 14. The van der Waals surface area contributed by atoms with Crippen molar-refractivity contribution in [3.05, 3.63) is 29.8 Å². The zero-order valence-corrected chi connectivity index (χ0v) is 41.7. The van der Waals surface area contributed by atoms with Gasteiger partial charge in [0.2, 0.25) is 53.2 Å². The van der Waals surface area contributed by atoms with Gasteiger partial charge in [-0.3, -0.25) is 48.1 Å². The summed E-state index contributed by atoms with van der Waals surface area (Å²) in [6.45, 7) is 10.5. The summed E-state index contributed by atoms with van der Waals surface area (Å²) in [7, 11) is 2.50. The lowest BCUT2D eigenvalue weighted by molar-refractivity contribution is -0.161. The Kier molecular flexibility index (Phi) is 21.5. The highest BCUT2D eigenvalue weighted by atomic mass is 16.5. The van der Waals surface area contributed by atoms with Crippen molar-refractivity contribution in [2.45, 2.75) is 148 Å². The van der Waals surface area contributed by atoms with Crippen LogP contribution in [0.15, 0.2) is 29.3 Å². The fourth-order valence-electron chi connectivity index (χ4n) is 7.99. The van der Waals surface area contributed by atoms with E-state index in [1.807, 2.05) is 0 Å². The van der Waals surface area contributed by atoms with Gasteiger partial charge in [-0.15, -0.1) is 0 Å². The summed E-state index contributed by atoms with van der Waals surface area (Å²) in [4.78, 5) is 144. The number of nitrogens with zero attached hydrogens (tertiary/aromatic N) is 3. The molecule has 1 aromatic carbocycles. The lowest BCUT2D eigenvalue weighted by Gasteiger charge is -2.34. The summed E-state index contributed by atoms with van der Waals surface area (Å²) in [5.41, 5.74) is 16.9. The van der Waals surface area contributed by atoms with E-state index in [-0.39, 0.29) is 56.3 Å². The minimum Gasteiger partial charge on any atom is -0.508 e. The first kappa shape index (κ1) is 58.3. The van der Waals surface area contributed by atoms with Gasteiger partial charge in [0.25, 0.3) is 0 Å². The van der Waals surface area contributed by atoms with Crippen LogP contribution in [0.1, 0.15) is 86.1 Å². The number of aliphatic imine (C=N–C) groups is 1. The van der Waals surface area contributed by atoms with Gasteiger partial charge in [-0.1, -0.05) is 39.8 Å². The summed E-state index contributed by atoms with van der Waals surface area (Å²) in [5, 5.41) is 36.2. The number of phenols is 1. The molecule has 2 aliphatic rings. The Morgan fingerprint density at radius 1 is 0.761 bits per heavy atom. The molecule has 0 radical (unpaired) electrons. The number of phenolic OH excluding ortho intramolecular Hbond substituents is 1. The van der Waals surface area contributed by atoms with Gasteiger partial charge < -0.3 is 73.9 Å². The highest BCUT2D eigenvalue weighted by Crippen LogP contribution is 2.23. The summed E-state index contributed by atoms with van der Waals surface area (Å²) in [5.74, 6) is -10.7. The SMILES string of the molecule is CC(C)C[C@@H]1NC(=O)[C@@H](CCCN=C(N)N)NC(=O)[C@@H]([C@@H](C)O)NC(=O)[C@H](NC(=O)C2NC(=O)[C@H](C)[C@@H]2C)[C@@H](C)OC(=O)[C@H](C)N(C)C(=O)[C@@H](Cc2ccc(O)cc2)NC(=O)[C@H](CCC(N)=O)N(C)C1=O. The number of hydrogen-bond donors (Lipinski definition) is 11. The van der Waals surface area contributed by atoms with Gasteiger partial charge >= 0.3 is 5.97 Å². The number of ether oxygens (including phenoxy) is 1. The first-order valence-corrected chi connectivity index (χ1v) is 23.5. The van der Waals surface area contributed by atoms with E-state index in [9.17, 15) is 58.2 Å². The van der Waals surface area contributed by atoms with Crippen LogP contribution in [0, 0.1) is 17.8 Å². The number of cyclic esters (lactones) is 1. The molecule has 394 valence electrons. The highest BCUT2D eigenvalue weighted by molar-refractivity contribution is 5.99. The molecule has 25 heteroatoms. The number of guanidine groups is 1. The molecule has 2 saturated heterocycles. The van der Waals surface area contributed by atoms with Gasteiger partial charge in [-0.05, 0) is 76.0 Å². The number of nitrogens with one attached hydrogen (secondary N) is 6. The fourth-order valence-corrected chi connectivity index (χ4v) is 7.99. The molecule has 12 atom stereocenters. The number of primary amides is 1. The molecule has 2 aliphatic heterocycles. The third kappa shape index (κ3) is 16.5. The monoisotopic (exact) mass is 1000 g/mol. The van der Waals surface area contributed by atoms with E-state index in [1.165, 1.54) is 52.2 Å². The summed E-state index contributed by atoms with van der Waals surface area (Å²) in [6, 6.07) is -6.36. The largest absolute Gasteiger partial charge is 0.508 e. The molecule has 1 aromatic rings. The first-order chi connectivity index (χ1) is 33.1. The van der Waals surface area contributed by atoms with Crippen molar-refractivity contribution in [1.29, 1.82) is 0 Å². The van der Waals surface area contributed by atoms with Crippen LogP contribution in [0.25, 0.3) is 0 Å². The van der Waals surface area contributed by atoms with Crippen molar-refractivity contribution < 1.29 is 62.9 Å². The Hall–Kier alpha value is -7.05. The van der Waals surface area contributed by atoms with Crippen molar-refractivity contribution >= 4 is 65.1 Å². The predicted octanol–water partition coefficient (Wildman–Crippen LogP) is -3.51. The van der Waals surface area contributed by atoms with Crippen LogP contribution in [0.4, 0.5) is 0 Å². The summed E-state index contributed by atoms with van der Waals surface area (Å²) < 4.78 is 5.71. The van der Waals surface area contributed by atoms with Gasteiger partial charge in [0.15, 0.2) is 5.96 Å². The van der Waals surface area contributed by atoms with E-state index < -0.39 is 138 Å². The number of aliphatic hydroxyl groups excluding tert-OH is 1. The molecule has 0 bridgehead atoms. The van der Waals surface area contributed by atoms with Crippen LogP contribution in [0.3, 0.4) is 0 Å². The number of carbonyl (C=O) groups is 10. The zero-order chi connectivity index (χ0) is 53.6. The number of aromatic hydroxyl groups is 1. The molecule has 2 fully saturated rings. The Morgan fingerprint density at radius 2 is 1.35 bits per heavy atom. The number of hydrogen-bond acceptors (Lipinski definition) is 14. The quantitative estimate of drug-likeness (QED) is 0.0373. The molecule has 3 rings (SSSR count). The smallest absolute Gasteiger partial charge is 0.328 e. The maximum atomic E-state index is 14.5. The Bertz CT molecular complexity index is 2150. The Labute approximate surface area is 412 Å².